The summed E-state index contributed by atoms with van der Waals surface area (Å²) in [4.78, 5) is 24.4. The van der Waals surface area contributed by atoms with Crippen LogP contribution in [0.15, 0.2) is 12.2 Å². The lowest BCUT2D eigenvalue weighted by Gasteiger charge is -2.43. The number of Topliss-reactive ketones (excluding diaryl/α,β-unsaturated/α-hetero) is 1. The first-order chi connectivity index (χ1) is 14.0. The highest BCUT2D eigenvalue weighted by atomic mass is 16.7. The third-order valence-electron chi connectivity index (χ3n) is 5.83. The molecule has 2 aliphatic heterocycles. The summed E-state index contributed by atoms with van der Waals surface area (Å²) in [7, 11) is 3.26. The van der Waals surface area contributed by atoms with Gasteiger partial charge in [-0.2, -0.15) is 0 Å². The van der Waals surface area contributed by atoms with Gasteiger partial charge in [-0.3, -0.25) is 9.59 Å². The zero-order chi connectivity index (χ0) is 22.9. The summed E-state index contributed by atoms with van der Waals surface area (Å²) >= 11 is 0. The van der Waals surface area contributed by atoms with Crippen LogP contribution in [0.25, 0.3) is 0 Å². The van der Waals surface area contributed by atoms with Gasteiger partial charge in [-0.25, -0.2) is 0 Å². The molecule has 0 aromatic carbocycles. The van der Waals surface area contributed by atoms with E-state index in [1.54, 1.807) is 14.2 Å². The van der Waals surface area contributed by atoms with Gasteiger partial charge in [-0.05, 0) is 13.3 Å². The molecule has 0 aromatic rings. The predicted molar refractivity (Wildman–Crippen MR) is 116 cm³/mol. The van der Waals surface area contributed by atoms with E-state index in [4.69, 9.17) is 18.9 Å². The smallest absolute Gasteiger partial charge is 0.225 e. The minimum atomic E-state index is -0.974. The second-order valence-corrected chi connectivity index (χ2v) is 8.98. The molecule has 2 aliphatic rings. The average Bonchev–Trinajstić information content (AvgIpc) is 2.68. The van der Waals surface area contributed by atoms with Crippen LogP contribution in [0, 0.1) is 11.3 Å². The lowest BCUT2D eigenvalue weighted by molar-refractivity contribution is -0.263. The van der Waals surface area contributed by atoms with Crippen LogP contribution in [0.2, 0.25) is 0 Å². The van der Waals surface area contributed by atoms with Crippen LogP contribution in [0.5, 0.6) is 0 Å². The second kappa shape index (κ2) is 11.9. The molecule has 2 heterocycles. The van der Waals surface area contributed by atoms with Crippen molar-refractivity contribution in [2.45, 2.75) is 78.3 Å². The van der Waals surface area contributed by atoms with Crippen LogP contribution < -0.4 is 5.32 Å². The van der Waals surface area contributed by atoms with Crippen molar-refractivity contribution in [1.82, 2.24) is 5.32 Å². The molecule has 3 unspecified atom stereocenters. The Morgan fingerprint density at radius 2 is 1.97 bits per heavy atom. The summed E-state index contributed by atoms with van der Waals surface area (Å²) in [5.74, 6) is -0.757. The molecule has 1 amide bonds. The molecule has 7 nitrogen and oxygen atoms in total. The lowest BCUT2D eigenvalue weighted by atomic mass is 9.84. The van der Waals surface area contributed by atoms with Crippen molar-refractivity contribution in [3.8, 4) is 0 Å². The van der Waals surface area contributed by atoms with Gasteiger partial charge < -0.3 is 24.3 Å². The molecule has 0 spiro atoms. The summed E-state index contributed by atoms with van der Waals surface area (Å²) in [6, 6.07) is 0. The minimum Gasteiger partial charge on any atom is -0.385 e. The highest BCUT2D eigenvalue weighted by Gasteiger charge is 2.43. The summed E-state index contributed by atoms with van der Waals surface area (Å²) in [6.45, 7) is 15.5. The maximum Gasteiger partial charge on any atom is 0.225 e. The molecule has 0 radical (unpaired) electrons. The second-order valence-electron chi connectivity index (χ2n) is 8.98. The number of amides is 1. The first-order valence-corrected chi connectivity index (χ1v) is 10.8. The fourth-order valence-corrected chi connectivity index (χ4v) is 3.44. The van der Waals surface area contributed by atoms with Gasteiger partial charge in [0.25, 0.3) is 0 Å². The van der Waals surface area contributed by atoms with E-state index < -0.39 is 11.2 Å². The van der Waals surface area contributed by atoms with Crippen molar-refractivity contribution >= 4 is 11.7 Å². The normalized spacial score (nSPS) is 31.0. The van der Waals surface area contributed by atoms with E-state index in [0.717, 1.165) is 18.6 Å². The van der Waals surface area contributed by atoms with Crippen LogP contribution in [0.4, 0.5) is 0 Å². The van der Waals surface area contributed by atoms with Gasteiger partial charge in [0.1, 0.15) is 5.78 Å². The molecule has 2 fully saturated rings. The third-order valence-corrected chi connectivity index (χ3v) is 5.83. The van der Waals surface area contributed by atoms with Gasteiger partial charge >= 0.3 is 0 Å². The zero-order valence-corrected chi connectivity index (χ0v) is 19.8. The standard InChI is InChI=1S/C19H31NO5.C4H10O/c1-12-8-19(23-6,25-14(3)13(12)2)9-17(22)20-10-15-7-16(21)18(4,5)11-24-15;1-3-4-5-2/h13-15H,1,7-11H2,2-6H3,(H,20,22);3-4H2,1-2H3/t13?,14?,15?,19-;/m1./s1. The first-order valence-electron chi connectivity index (χ1n) is 10.8. The molecule has 174 valence electrons. The third kappa shape index (κ3) is 7.76. The van der Waals surface area contributed by atoms with Crippen molar-refractivity contribution in [3.05, 3.63) is 12.2 Å². The summed E-state index contributed by atoms with van der Waals surface area (Å²) < 4.78 is 21.9. The molecule has 0 aliphatic carbocycles. The lowest BCUT2D eigenvalue weighted by Crippen LogP contribution is -2.50. The van der Waals surface area contributed by atoms with Crippen molar-refractivity contribution in [3.63, 3.8) is 0 Å². The molecule has 0 aromatic heterocycles. The number of methoxy groups -OCH3 is 2. The Hall–Kier alpha value is -1.28. The Bertz CT molecular complexity index is 588. The van der Waals surface area contributed by atoms with Gasteiger partial charge in [0.15, 0.2) is 5.79 Å². The van der Waals surface area contributed by atoms with Crippen LogP contribution in [0.1, 0.15) is 60.3 Å². The fraction of sp³-hybridized carbons (Fsp3) is 0.826. The average molecular weight is 428 g/mol. The van der Waals surface area contributed by atoms with Crippen molar-refractivity contribution in [2.75, 3.05) is 34.0 Å². The SMILES string of the molecule is C=C1C[C@@](CC(=O)NCC2CC(=O)C(C)(C)CO2)(OC)OC(C)C1C.CCCOC. The summed E-state index contributed by atoms with van der Waals surface area (Å²) in [5, 5.41) is 2.84. The molecule has 7 heteroatoms. The molecule has 2 rings (SSSR count). The number of carbonyl (C=O) groups is 2. The van der Waals surface area contributed by atoms with Gasteiger partial charge in [-0.15, -0.1) is 0 Å². The maximum absolute atomic E-state index is 12.4. The van der Waals surface area contributed by atoms with Crippen molar-refractivity contribution < 1.29 is 28.5 Å². The predicted octanol–water partition coefficient (Wildman–Crippen LogP) is 3.26. The number of ether oxygens (including phenoxy) is 4. The van der Waals surface area contributed by atoms with E-state index in [1.165, 1.54) is 0 Å². The molecule has 1 N–H and O–H groups in total. The molecule has 0 bridgehead atoms. The first kappa shape index (κ1) is 26.8. The van der Waals surface area contributed by atoms with Gasteiger partial charge in [0, 0.05) is 51.5 Å². The minimum absolute atomic E-state index is 0.0597. The van der Waals surface area contributed by atoms with E-state index in [9.17, 15) is 9.59 Å². The van der Waals surface area contributed by atoms with Crippen LogP contribution >= 0.6 is 0 Å². The molecule has 4 atom stereocenters. The summed E-state index contributed by atoms with van der Waals surface area (Å²) in [5.41, 5.74) is 0.584. The van der Waals surface area contributed by atoms with E-state index >= 15 is 0 Å². The number of nitrogens with one attached hydrogen (secondary N) is 1. The molecule has 30 heavy (non-hydrogen) atoms. The van der Waals surface area contributed by atoms with Crippen LogP contribution in [0.3, 0.4) is 0 Å². The molecule has 2 saturated heterocycles. The van der Waals surface area contributed by atoms with Gasteiger partial charge in [0.05, 0.1) is 25.2 Å². The quantitative estimate of drug-likeness (QED) is 0.628. The Morgan fingerprint density at radius 3 is 2.43 bits per heavy atom. The van der Waals surface area contributed by atoms with E-state index in [2.05, 4.69) is 25.7 Å². The number of carbonyl (C=O) groups excluding carboxylic acids is 2. The molecular weight excluding hydrogens is 386 g/mol. The van der Waals surface area contributed by atoms with Crippen molar-refractivity contribution in [1.29, 1.82) is 0 Å². The topological polar surface area (TPSA) is 83.1 Å². The monoisotopic (exact) mass is 427 g/mol. The van der Waals surface area contributed by atoms with Crippen LogP contribution in [-0.4, -0.2) is 63.7 Å². The molecule has 0 saturated carbocycles. The van der Waals surface area contributed by atoms with E-state index in [1.807, 2.05) is 20.8 Å². The van der Waals surface area contributed by atoms with E-state index in [-0.39, 0.29) is 36.2 Å². The van der Waals surface area contributed by atoms with Crippen LogP contribution in [-0.2, 0) is 28.5 Å². The largest absolute Gasteiger partial charge is 0.385 e. The van der Waals surface area contributed by atoms with Gasteiger partial charge in [0.2, 0.25) is 5.91 Å². The highest BCUT2D eigenvalue weighted by Crippen LogP contribution is 2.38. The Balaban J connectivity index is 0.000000804. The number of hydrogen-bond acceptors (Lipinski definition) is 6. The Kier molecular flexibility index (Phi) is 10.6. The fourth-order valence-electron chi connectivity index (χ4n) is 3.44. The molecular formula is C23H41NO6. The van der Waals surface area contributed by atoms with Crippen molar-refractivity contribution in [2.24, 2.45) is 11.3 Å². The zero-order valence-electron chi connectivity index (χ0n) is 19.8. The Morgan fingerprint density at radius 1 is 1.30 bits per heavy atom. The van der Waals surface area contributed by atoms with Gasteiger partial charge in [-0.1, -0.05) is 39.8 Å². The highest BCUT2D eigenvalue weighted by molar-refractivity contribution is 5.85. The number of hydrogen-bond donors (Lipinski definition) is 1. The summed E-state index contributed by atoms with van der Waals surface area (Å²) in [6.07, 6.45) is 1.70. The van der Waals surface area contributed by atoms with E-state index in [0.29, 0.717) is 26.0 Å². The number of ketones is 1. The number of rotatable bonds is 7. The Labute approximate surface area is 181 Å². The maximum atomic E-state index is 12.4.